The highest BCUT2D eigenvalue weighted by molar-refractivity contribution is 6.04. The second-order valence-electron chi connectivity index (χ2n) is 7.84. The predicted molar refractivity (Wildman–Crippen MR) is 114 cm³/mol. The highest BCUT2D eigenvalue weighted by Gasteiger charge is 2.48. The van der Waals surface area contributed by atoms with Gasteiger partial charge in [-0.25, -0.2) is 0 Å². The predicted octanol–water partition coefficient (Wildman–Crippen LogP) is 3.35. The zero-order valence-electron chi connectivity index (χ0n) is 16.9. The van der Waals surface area contributed by atoms with Gasteiger partial charge in [0, 0.05) is 18.8 Å². The van der Waals surface area contributed by atoms with Crippen LogP contribution in [0.15, 0.2) is 42.5 Å². The molecule has 2 aromatic carbocycles. The molecule has 1 heterocycles. The summed E-state index contributed by atoms with van der Waals surface area (Å²) in [6, 6.07) is 13.7. The molecule has 1 aliphatic carbocycles. The van der Waals surface area contributed by atoms with Crippen LogP contribution >= 0.6 is 0 Å². The van der Waals surface area contributed by atoms with Crippen LogP contribution in [-0.2, 0) is 14.3 Å². The Bertz CT molecular complexity index is 921. The third kappa shape index (κ3) is 4.43. The van der Waals surface area contributed by atoms with Crippen molar-refractivity contribution in [1.82, 2.24) is 0 Å². The molecule has 1 saturated heterocycles. The zero-order chi connectivity index (χ0) is 20.4. The van der Waals surface area contributed by atoms with Crippen molar-refractivity contribution in [2.24, 2.45) is 11.8 Å². The third-order valence-corrected chi connectivity index (χ3v) is 5.75. The number of rotatable bonds is 5. The van der Waals surface area contributed by atoms with Crippen LogP contribution in [0.4, 0.5) is 17.1 Å². The topological polar surface area (TPSA) is 70.7 Å². The van der Waals surface area contributed by atoms with Gasteiger partial charge in [-0.1, -0.05) is 18.2 Å². The third-order valence-electron chi connectivity index (χ3n) is 5.75. The second-order valence-corrected chi connectivity index (χ2v) is 7.84. The highest BCUT2D eigenvalue weighted by atomic mass is 16.5. The van der Waals surface area contributed by atoms with E-state index >= 15 is 0 Å². The minimum Gasteiger partial charge on any atom is -0.378 e. The maximum Gasteiger partial charge on any atom is 0.228 e. The molecule has 0 bridgehead atoms. The van der Waals surface area contributed by atoms with Crippen LogP contribution in [0, 0.1) is 25.7 Å². The van der Waals surface area contributed by atoms with Gasteiger partial charge in [-0.15, -0.1) is 0 Å². The zero-order valence-corrected chi connectivity index (χ0v) is 16.9. The molecule has 2 atom stereocenters. The Labute approximate surface area is 171 Å². The summed E-state index contributed by atoms with van der Waals surface area (Å²) in [4.78, 5) is 27.5. The number of amides is 2. The molecule has 1 saturated carbocycles. The molecular formula is C23H27N3O3. The number of nitrogens with zero attached hydrogens (tertiary/aromatic N) is 1. The van der Waals surface area contributed by atoms with E-state index in [-0.39, 0.29) is 23.7 Å². The van der Waals surface area contributed by atoms with Gasteiger partial charge in [-0.2, -0.15) is 0 Å². The van der Waals surface area contributed by atoms with Crippen molar-refractivity contribution in [2.75, 3.05) is 41.8 Å². The molecule has 2 N–H and O–H groups in total. The SMILES string of the molecule is Cc1ccc(NC(=O)C2CC2C(=O)Nc2ccccc2N2CCOCC2)cc1C. The molecule has 2 aromatic rings. The highest BCUT2D eigenvalue weighted by Crippen LogP contribution is 2.41. The molecule has 2 amide bonds. The summed E-state index contributed by atoms with van der Waals surface area (Å²) in [5.41, 5.74) is 4.89. The molecule has 6 heteroatoms. The molecule has 6 nitrogen and oxygen atoms in total. The lowest BCUT2D eigenvalue weighted by molar-refractivity contribution is -0.122. The first kappa shape index (κ1) is 19.5. The summed E-state index contributed by atoms with van der Waals surface area (Å²) in [5, 5.41) is 5.98. The number of hydrogen-bond acceptors (Lipinski definition) is 4. The van der Waals surface area contributed by atoms with Crippen LogP contribution in [0.1, 0.15) is 17.5 Å². The minimum absolute atomic E-state index is 0.0881. The maximum atomic E-state index is 12.7. The normalized spacial score (nSPS) is 20.8. The average Bonchev–Trinajstić information content (AvgIpc) is 3.53. The summed E-state index contributed by atoms with van der Waals surface area (Å²) in [6.07, 6.45) is 0.586. The number of morpholine rings is 1. The Morgan fingerprint density at radius 2 is 1.62 bits per heavy atom. The van der Waals surface area contributed by atoms with Crippen LogP contribution < -0.4 is 15.5 Å². The van der Waals surface area contributed by atoms with Crippen molar-refractivity contribution in [3.8, 4) is 0 Å². The minimum atomic E-state index is -0.278. The lowest BCUT2D eigenvalue weighted by atomic mass is 10.1. The van der Waals surface area contributed by atoms with Crippen molar-refractivity contribution in [2.45, 2.75) is 20.3 Å². The molecule has 2 unspecified atom stereocenters. The molecule has 152 valence electrons. The van der Waals surface area contributed by atoms with E-state index in [2.05, 4.69) is 15.5 Å². The lowest BCUT2D eigenvalue weighted by Crippen LogP contribution is -2.36. The largest absolute Gasteiger partial charge is 0.378 e. The molecule has 0 aromatic heterocycles. The summed E-state index contributed by atoms with van der Waals surface area (Å²) in [6.45, 7) is 7.03. The first-order valence-corrected chi connectivity index (χ1v) is 10.1. The first-order valence-electron chi connectivity index (χ1n) is 10.1. The van der Waals surface area contributed by atoms with E-state index in [4.69, 9.17) is 4.74 Å². The van der Waals surface area contributed by atoms with Gasteiger partial charge in [0.1, 0.15) is 0 Å². The van der Waals surface area contributed by atoms with Crippen LogP contribution in [0.5, 0.6) is 0 Å². The fourth-order valence-electron chi connectivity index (χ4n) is 3.71. The Kier molecular flexibility index (Phi) is 5.53. The fraction of sp³-hybridized carbons (Fsp3) is 0.391. The Morgan fingerprint density at radius 3 is 2.34 bits per heavy atom. The van der Waals surface area contributed by atoms with E-state index in [1.54, 1.807) is 0 Å². The van der Waals surface area contributed by atoms with Crippen LogP contribution in [0.25, 0.3) is 0 Å². The summed E-state index contributed by atoms with van der Waals surface area (Å²) in [5.74, 6) is -0.729. The van der Waals surface area contributed by atoms with Gasteiger partial charge >= 0.3 is 0 Å². The standard InChI is InChI=1S/C23H27N3O3/c1-15-7-8-17(13-16(15)2)24-22(27)18-14-19(18)23(28)25-20-5-3-4-6-21(20)26-9-11-29-12-10-26/h3-8,13,18-19H,9-12,14H2,1-2H3,(H,24,27)(H,25,28). The number of carbonyl (C=O) groups is 2. The molecule has 4 rings (SSSR count). The summed E-state index contributed by atoms with van der Waals surface area (Å²) in [7, 11) is 0. The molecular weight excluding hydrogens is 366 g/mol. The number of aryl methyl sites for hydroxylation is 2. The van der Waals surface area contributed by atoms with Gasteiger partial charge in [0.05, 0.1) is 36.4 Å². The Balaban J connectivity index is 1.37. The average molecular weight is 393 g/mol. The number of ether oxygens (including phenoxy) is 1. The summed E-state index contributed by atoms with van der Waals surface area (Å²) >= 11 is 0. The first-order chi connectivity index (χ1) is 14.0. The lowest BCUT2D eigenvalue weighted by Gasteiger charge is -2.30. The van der Waals surface area contributed by atoms with Crippen LogP contribution in [0.3, 0.4) is 0 Å². The quantitative estimate of drug-likeness (QED) is 0.817. The van der Waals surface area contributed by atoms with Gasteiger partial charge in [0.15, 0.2) is 0 Å². The van der Waals surface area contributed by atoms with Gasteiger partial charge in [0.2, 0.25) is 11.8 Å². The number of nitrogens with one attached hydrogen (secondary N) is 2. The Morgan fingerprint density at radius 1 is 0.931 bits per heavy atom. The van der Waals surface area contributed by atoms with E-state index in [0.29, 0.717) is 19.6 Å². The number of anilines is 3. The molecule has 2 aliphatic rings. The van der Waals surface area contributed by atoms with Crippen molar-refractivity contribution in [1.29, 1.82) is 0 Å². The van der Waals surface area contributed by atoms with Crippen molar-refractivity contribution in [3.05, 3.63) is 53.6 Å². The van der Waals surface area contributed by atoms with E-state index in [1.807, 2.05) is 56.3 Å². The van der Waals surface area contributed by atoms with Gasteiger partial charge < -0.3 is 20.3 Å². The van der Waals surface area contributed by atoms with Gasteiger partial charge in [-0.3, -0.25) is 9.59 Å². The fourth-order valence-corrected chi connectivity index (χ4v) is 3.71. The number of para-hydroxylation sites is 2. The Hall–Kier alpha value is -2.86. The van der Waals surface area contributed by atoms with E-state index in [0.717, 1.165) is 35.7 Å². The van der Waals surface area contributed by atoms with Crippen LogP contribution in [0.2, 0.25) is 0 Å². The molecule has 0 spiro atoms. The molecule has 1 aliphatic heterocycles. The maximum absolute atomic E-state index is 12.7. The van der Waals surface area contributed by atoms with Gasteiger partial charge in [0.25, 0.3) is 0 Å². The van der Waals surface area contributed by atoms with Crippen LogP contribution in [-0.4, -0.2) is 38.1 Å². The number of hydrogen-bond donors (Lipinski definition) is 2. The number of carbonyl (C=O) groups excluding carboxylic acids is 2. The van der Waals surface area contributed by atoms with Crippen molar-refractivity contribution >= 4 is 28.9 Å². The second kappa shape index (κ2) is 8.25. The smallest absolute Gasteiger partial charge is 0.228 e. The number of benzene rings is 2. The molecule has 2 fully saturated rings. The van der Waals surface area contributed by atoms with E-state index in [9.17, 15) is 9.59 Å². The molecule has 0 radical (unpaired) electrons. The van der Waals surface area contributed by atoms with Crippen molar-refractivity contribution < 1.29 is 14.3 Å². The van der Waals surface area contributed by atoms with Crippen molar-refractivity contribution in [3.63, 3.8) is 0 Å². The van der Waals surface area contributed by atoms with E-state index in [1.165, 1.54) is 5.56 Å². The summed E-state index contributed by atoms with van der Waals surface area (Å²) < 4.78 is 5.42. The molecule has 29 heavy (non-hydrogen) atoms. The van der Waals surface area contributed by atoms with Gasteiger partial charge in [-0.05, 0) is 55.7 Å². The monoisotopic (exact) mass is 393 g/mol. The van der Waals surface area contributed by atoms with E-state index < -0.39 is 0 Å².